The van der Waals surface area contributed by atoms with Crippen molar-refractivity contribution in [2.45, 2.75) is 0 Å². The molecule has 0 amide bonds. The molecule has 0 N–H and O–H groups in total. The van der Waals surface area contributed by atoms with Crippen LogP contribution in [0, 0.1) is 0 Å². The molecule has 86 valence electrons. The van der Waals surface area contributed by atoms with Gasteiger partial charge in [0, 0.05) is 11.1 Å². The van der Waals surface area contributed by atoms with Crippen LogP contribution in [-0.4, -0.2) is 11.9 Å². The summed E-state index contributed by atoms with van der Waals surface area (Å²) < 4.78 is 0. The number of carbonyl (C=O) groups excluding carboxylic acids is 2. The molecule has 2 aromatic carbocycles. The number of fused-ring (bicyclic) bond motifs is 1. The van der Waals surface area contributed by atoms with Gasteiger partial charge in [0.05, 0.1) is 11.9 Å². The number of aromatic carboxylic acids is 2. The van der Waals surface area contributed by atoms with Crippen molar-refractivity contribution in [2.24, 2.45) is 0 Å². The standard InChI is InChI=1S/C12H8O4.Fe/c13-11(14)9-6-5-7-3-1-2-4-8(7)10(9)12(15)16;/h1-6H,(H,13,14)(H,15,16);/q;+2/p-2. The van der Waals surface area contributed by atoms with Gasteiger partial charge in [-0.1, -0.05) is 36.4 Å². The molecule has 4 nitrogen and oxygen atoms in total. The normalized spacial score (nSPS) is 9.65. The van der Waals surface area contributed by atoms with Gasteiger partial charge in [0.15, 0.2) is 0 Å². The minimum Gasteiger partial charge on any atom is -0.545 e. The Hall–Kier alpha value is -1.84. The van der Waals surface area contributed by atoms with Crippen molar-refractivity contribution in [3.8, 4) is 0 Å². The van der Waals surface area contributed by atoms with Gasteiger partial charge in [0.1, 0.15) is 0 Å². The minimum absolute atomic E-state index is 0. The summed E-state index contributed by atoms with van der Waals surface area (Å²) in [6.45, 7) is 0. The SMILES string of the molecule is O=C([O-])c1ccc2ccccc2c1C(=O)[O-].[Fe+2]. The number of carbonyl (C=O) groups is 2. The van der Waals surface area contributed by atoms with Gasteiger partial charge < -0.3 is 19.8 Å². The zero-order chi connectivity index (χ0) is 11.7. The summed E-state index contributed by atoms with van der Waals surface area (Å²) >= 11 is 0. The first-order chi connectivity index (χ1) is 7.61. The Balaban J connectivity index is 0.00000144. The summed E-state index contributed by atoms with van der Waals surface area (Å²) in [5.41, 5.74) is -0.697. The molecule has 5 heteroatoms. The van der Waals surface area contributed by atoms with E-state index in [-0.39, 0.29) is 28.2 Å². The fourth-order valence-corrected chi connectivity index (χ4v) is 1.66. The predicted molar refractivity (Wildman–Crippen MR) is 52.6 cm³/mol. The topological polar surface area (TPSA) is 80.3 Å². The Labute approximate surface area is 107 Å². The third kappa shape index (κ3) is 2.30. The Kier molecular flexibility index (Phi) is 3.88. The van der Waals surface area contributed by atoms with Crippen LogP contribution >= 0.6 is 0 Å². The van der Waals surface area contributed by atoms with E-state index in [0.29, 0.717) is 10.8 Å². The van der Waals surface area contributed by atoms with Crippen molar-refractivity contribution in [2.75, 3.05) is 0 Å². The molecule has 17 heavy (non-hydrogen) atoms. The van der Waals surface area contributed by atoms with Gasteiger partial charge in [0.25, 0.3) is 0 Å². The van der Waals surface area contributed by atoms with Crippen molar-refractivity contribution in [3.63, 3.8) is 0 Å². The van der Waals surface area contributed by atoms with E-state index in [1.54, 1.807) is 18.2 Å². The summed E-state index contributed by atoms with van der Waals surface area (Å²) in [6, 6.07) is 9.34. The van der Waals surface area contributed by atoms with E-state index in [2.05, 4.69) is 0 Å². The summed E-state index contributed by atoms with van der Waals surface area (Å²) in [7, 11) is 0. The van der Waals surface area contributed by atoms with Crippen molar-refractivity contribution in [3.05, 3.63) is 47.5 Å². The Morgan fingerprint density at radius 3 is 2.12 bits per heavy atom. The van der Waals surface area contributed by atoms with Crippen molar-refractivity contribution in [1.82, 2.24) is 0 Å². The number of hydrogen-bond donors (Lipinski definition) is 0. The van der Waals surface area contributed by atoms with Gasteiger partial charge in [-0.25, -0.2) is 0 Å². The van der Waals surface area contributed by atoms with E-state index in [4.69, 9.17) is 0 Å². The summed E-state index contributed by atoms with van der Waals surface area (Å²) in [4.78, 5) is 21.7. The largest absolute Gasteiger partial charge is 2.00 e. The molecular formula is C12H6FeO4. The monoisotopic (exact) mass is 270 g/mol. The van der Waals surface area contributed by atoms with Gasteiger partial charge in [-0.2, -0.15) is 0 Å². The molecule has 0 spiro atoms. The van der Waals surface area contributed by atoms with Gasteiger partial charge in [-0.05, 0) is 10.8 Å². The Morgan fingerprint density at radius 1 is 0.882 bits per heavy atom. The van der Waals surface area contributed by atoms with Gasteiger partial charge in [-0.3, -0.25) is 0 Å². The fraction of sp³-hybridized carbons (Fsp3) is 0. The van der Waals surface area contributed by atoms with Crippen molar-refractivity contribution < 1.29 is 36.9 Å². The van der Waals surface area contributed by atoms with Crippen molar-refractivity contribution >= 4 is 22.7 Å². The van der Waals surface area contributed by atoms with Crippen LogP contribution in [-0.2, 0) is 17.1 Å². The molecule has 0 heterocycles. The molecule has 0 saturated carbocycles. The molecule has 0 radical (unpaired) electrons. The first-order valence-electron chi connectivity index (χ1n) is 4.55. The van der Waals surface area contributed by atoms with Gasteiger partial charge in [-0.15, -0.1) is 0 Å². The molecule has 0 aliphatic carbocycles. The Morgan fingerprint density at radius 2 is 1.53 bits per heavy atom. The first kappa shape index (κ1) is 13.2. The van der Waals surface area contributed by atoms with Crippen LogP contribution in [0.5, 0.6) is 0 Å². The van der Waals surface area contributed by atoms with Crippen LogP contribution < -0.4 is 10.2 Å². The predicted octanol–water partition coefficient (Wildman–Crippen LogP) is -0.436. The van der Waals surface area contributed by atoms with E-state index in [0.717, 1.165) is 0 Å². The molecule has 2 aromatic rings. The van der Waals surface area contributed by atoms with Crippen molar-refractivity contribution in [1.29, 1.82) is 0 Å². The van der Waals surface area contributed by atoms with Crippen LogP contribution in [0.3, 0.4) is 0 Å². The fourth-order valence-electron chi connectivity index (χ4n) is 1.66. The summed E-state index contributed by atoms with van der Waals surface area (Å²) in [5, 5.41) is 22.7. The molecule has 0 fully saturated rings. The molecule has 0 aliphatic heterocycles. The first-order valence-corrected chi connectivity index (χ1v) is 4.55. The summed E-state index contributed by atoms with van der Waals surface area (Å²) in [6.07, 6.45) is 0. The second kappa shape index (κ2) is 4.99. The minimum atomic E-state index is -1.52. The number of hydrogen-bond acceptors (Lipinski definition) is 4. The van der Waals surface area contributed by atoms with E-state index in [1.807, 2.05) is 0 Å². The average molecular weight is 270 g/mol. The molecule has 0 aromatic heterocycles. The number of carboxylic acids is 2. The second-order valence-electron chi connectivity index (χ2n) is 3.28. The molecule has 0 bridgehead atoms. The quantitative estimate of drug-likeness (QED) is 0.693. The summed E-state index contributed by atoms with van der Waals surface area (Å²) in [5.74, 6) is -3.04. The van der Waals surface area contributed by atoms with Gasteiger partial charge >= 0.3 is 17.1 Å². The molecule has 0 aliphatic rings. The number of carboxylic acid groups (broad SMARTS) is 2. The number of benzene rings is 2. The van der Waals surface area contributed by atoms with Crippen LogP contribution in [0.15, 0.2) is 36.4 Å². The number of rotatable bonds is 2. The third-order valence-electron chi connectivity index (χ3n) is 2.35. The maximum absolute atomic E-state index is 10.9. The van der Waals surface area contributed by atoms with Crippen LogP contribution in [0.25, 0.3) is 10.8 Å². The van der Waals surface area contributed by atoms with Crippen LogP contribution in [0.2, 0.25) is 0 Å². The molecular weight excluding hydrogens is 264 g/mol. The van der Waals surface area contributed by atoms with Gasteiger partial charge in [0.2, 0.25) is 0 Å². The smallest absolute Gasteiger partial charge is 0.545 e. The zero-order valence-corrected chi connectivity index (χ0v) is 9.55. The van der Waals surface area contributed by atoms with E-state index in [9.17, 15) is 19.8 Å². The van der Waals surface area contributed by atoms with E-state index >= 15 is 0 Å². The molecule has 0 unspecified atom stereocenters. The van der Waals surface area contributed by atoms with Crippen LogP contribution in [0.4, 0.5) is 0 Å². The Bertz CT molecular complexity index is 592. The van der Waals surface area contributed by atoms with E-state index < -0.39 is 11.9 Å². The third-order valence-corrected chi connectivity index (χ3v) is 2.35. The molecule has 0 saturated heterocycles. The zero-order valence-electron chi connectivity index (χ0n) is 8.45. The average Bonchev–Trinajstić information content (AvgIpc) is 2.27. The second-order valence-corrected chi connectivity index (χ2v) is 3.28. The molecule has 2 rings (SSSR count). The van der Waals surface area contributed by atoms with E-state index in [1.165, 1.54) is 18.2 Å². The molecule has 0 atom stereocenters. The maximum Gasteiger partial charge on any atom is 2.00 e. The maximum atomic E-state index is 10.9. The van der Waals surface area contributed by atoms with Crippen LogP contribution in [0.1, 0.15) is 20.7 Å².